The number of hydrogen-bond donors (Lipinski definition) is 1. The number of rotatable bonds is 4. The number of hydrogen-bond acceptors (Lipinski definition) is 4. The van der Waals surface area contributed by atoms with E-state index in [2.05, 4.69) is 10.1 Å². The standard InChI is InChI=1S/C19H15ClF5NO2S/c20-13-3-2-11-12(5-6-26-8-16(11)28-18(27)19(23,24)25)17(13)29-9-10-1-4-14(21)15(22)7-10/h1-4,7,16,26H,5-6,8-9H2. The zero-order valence-corrected chi connectivity index (χ0v) is 16.4. The molecule has 2 aromatic rings. The van der Waals surface area contributed by atoms with Crippen molar-refractivity contribution in [1.82, 2.24) is 5.32 Å². The van der Waals surface area contributed by atoms with Gasteiger partial charge in [0.1, 0.15) is 6.10 Å². The number of alkyl halides is 3. The van der Waals surface area contributed by atoms with Gasteiger partial charge in [-0.05, 0) is 47.9 Å². The molecule has 156 valence electrons. The minimum atomic E-state index is -5.09. The second kappa shape index (κ2) is 8.89. The molecular weight excluding hydrogens is 437 g/mol. The molecule has 29 heavy (non-hydrogen) atoms. The second-order valence-electron chi connectivity index (χ2n) is 6.33. The first-order valence-corrected chi connectivity index (χ1v) is 9.89. The molecule has 0 saturated heterocycles. The molecule has 1 N–H and O–H groups in total. The van der Waals surface area contributed by atoms with E-state index in [1.807, 2.05) is 0 Å². The van der Waals surface area contributed by atoms with E-state index in [0.717, 1.165) is 12.1 Å². The maximum absolute atomic E-state index is 13.4. The van der Waals surface area contributed by atoms with Gasteiger partial charge >= 0.3 is 12.1 Å². The van der Waals surface area contributed by atoms with Crippen LogP contribution in [0.1, 0.15) is 22.8 Å². The van der Waals surface area contributed by atoms with Gasteiger partial charge in [0.05, 0.1) is 5.02 Å². The predicted molar refractivity (Wildman–Crippen MR) is 98.8 cm³/mol. The van der Waals surface area contributed by atoms with Crippen LogP contribution in [0.15, 0.2) is 35.2 Å². The molecule has 0 bridgehead atoms. The van der Waals surface area contributed by atoms with E-state index in [-0.39, 0.29) is 12.3 Å². The summed E-state index contributed by atoms with van der Waals surface area (Å²) < 4.78 is 69.0. The van der Waals surface area contributed by atoms with Gasteiger partial charge in [0.2, 0.25) is 0 Å². The van der Waals surface area contributed by atoms with Gasteiger partial charge in [-0.1, -0.05) is 23.7 Å². The molecule has 0 saturated carbocycles. The lowest BCUT2D eigenvalue weighted by atomic mass is 10.0. The molecule has 10 heteroatoms. The summed E-state index contributed by atoms with van der Waals surface area (Å²) in [6, 6.07) is 6.60. The summed E-state index contributed by atoms with van der Waals surface area (Å²) in [5.41, 5.74) is 1.62. The van der Waals surface area contributed by atoms with Crippen LogP contribution < -0.4 is 5.32 Å². The lowest BCUT2D eigenvalue weighted by molar-refractivity contribution is -0.205. The SMILES string of the molecule is O=C(OC1CNCCc2c1ccc(Cl)c2SCc1ccc(F)c(F)c1)C(F)(F)F. The van der Waals surface area contributed by atoms with Crippen LogP contribution in [0.5, 0.6) is 0 Å². The number of benzene rings is 2. The first-order valence-electron chi connectivity index (χ1n) is 8.53. The number of carbonyl (C=O) groups is 1. The van der Waals surface area contributed by atoms with Crippen molar-refractivity contribution in [2.75, 3.05) is 13.1 Å². The summed E-state index contributed by atoms with van der Waals surface area (Å²) in [4.78, 5) is 11.9. The van der Waals surface area contributed by atoms with E-state index in [0.29, 0.717) is 39.6 Å². The lowest BCUT2D eigenvalue weighted by Crippen LogP contribution is -2.30. The topological polar surface area (TPSA) is 38.3 Å². The molecule has 1 atom stereocenters. The summed E-state index contributed by atoms with van der Waals surface area (Å²) >= 11 is 7.55. The van der Waals surface area contributed by atoms with Crippen molar-refractivity contribution in [1.29, 1.82) is 0 Å². The lowest BCUT2D eigenvalue weighted by Gasteiger charge is -2.21. The van der Waals surface area contributed by atoms with Gasteiger partial charge in [-0.25, -0.2) is 13.6 Å². The maximum atomic E-state index is 13.4. The fraction of sp³-hybridized carbons (Fsp3) is 0.316. The Hall–Kier alpha value is -1.84. The Bertz CT molecular complexity index is 922. The van der Waals surface area contributed by atoms with Crippen molar-refractivity contribution in [2.45, 2.75) is 29.3 Å². The van der Waals surface area contributed by atoms with Gasteiger partial charge in [0.25, 0.3) is 0 Å². The van der Waals surface area contributed by atoms with E-state index in [9.17, 15) is 26.7 Å². The van der Waals surface area contributed by atoms with Gasteiger partial charge in [-0.15, -0.1) is 11.8 Å². The zero-order valence-electron chi connectivity index (χ0n) is 14.8. The second-order valence-corrected chi connectivity index (χ2v) is 7.72. The van der Waals surface area contributed by atoms with Gasteiger partial charge in [-0.3, -0.25) is 0 Å². The highest BCUT2D eigenvalue weighted by atomic mass is 35.5. The van der Waals surface area contributed by atoms with E-state index < -0.39 is 29.9 Å². The third-order valence-electron chi connectivity index (χ3n) is 4.33. The first kappa shape index (κ1) is 21.9. The Kier molecular flexibility index (Phi) is 6.70. The number of halogens is 6. The number of esters is 1. The van der Waals surface area contributed by atoms with Crippen LogP contribution in [0.4, 0.5) is 22.0 Å². The highest BCUT2D eigenvalue weighted by Gasteiger charge is 2.43. The molecular formula is C19H15ClF5NO2S. The van der Waals surface area contributed by atoms with Crippen molar-refractivity contribution >= 4 is 29.3 Å². The van der Waals surface area contributed by atoms with E-state index in [1.54, 1.807) is 6.07 Å². The van der Waals surface area contributed by atoms with Crippen molar-refractivity contribution in [2.24, 2.45) is 0 Å². The summed E-state index contributed by atoms with van der Waals surface area (Å²) in [6.45, 7) is 0.482. The highest BCUT2D eigenvalue weighted by molar-refractivity contribution is 7.98. The Balaban J connectivity index is 1.88. The molecule has 1 heterocycles. The van der Waals surface area contributed by atoms with Crippen LogP contribution in [-0.4, -0.2) is 25.2 Å². The first-order chi connectivity index (χ1) is 13.7. The van der Waals surface area contributed by atoms with E-state index in [4.69, 9.17) is 11.6 Å². The van der Waals surface area contributed by atoms with Gasteiger partial charge in [0, 0.05) is 17.2 Å². The molecule has 1 unspecified atom stereocenters. The zero-order chi connectivity index (χ0) is 21.2. The molecule has 1 aliphatic rings. The summed E-state index contributed by atoms with van der Waals surface area (Å²) in [7, 11) is 0. The van der Waals surface area contributed by atoms with Crippen LogP contribution >= 0.6 is 23.4 Å². The minimum Gasteiger partial charge on any atom is -0.449 e. The predicted octanol–water partition coefficient (Wildman–Crippen LogP) is 5.20. The number of carbonyl (C=O) groups excluding carboxylic acids is 1. The molecule has 0 radical (unpaired) electrons. The van der Waals surface area contributed by atoms with Gasteiger partial charge in [0.15, 0.2) is 11.6 Å². The maximum Gasteiger partial charge on any atom is 0.490 e. The molecule has 1 aliphatic heterocycles. The number of nitrogens with one attached hydrogen (secondary N) is 1. The summed E-state index contributed by atoms with van der Waals surface area (Å²) in [5, 5.41) is 3.32. The van der Waals surface area contributed by atoms with Crippen LogP contribution in [0, 0.1) is 11.6 Å². The number of ether oxygens (including phenoxy) is 1. The van der Waals surface area contributed by atoms with Crippen LogP contribution in [-0.2, 0) is 21.7 Å². The Morgan fingerprint density at radius 2 is 1.97 bits per heavy atom. The van der Waals surface area contributed by atoms with Crippen molar-refractivity contribution in [3.05, 3.63) is 63.7 Å². The molecule has 0 aliphatic carbocycles. The molecule has 0 spiro atoms. The van der Waals surface area contributed by atoms with Crippen molar-refractivity contribution in [3.8, 4) is 0 Å². The Morgan fingerprint density at radius 3 is 2.66 bits per heavy atom. The van der Waals surface area contributed by atoms with Crippen LogP contribution in [0.3, 0.4) is 0 Å². The Labute approximate surface area is 172 Å². The molecule has 3 rings (SSSR count). The quantitative estimate of drug-likeness (QED) is 0.394. The fourth-order valence-electron chi connectivity index (χ4n) is 2.97. The van der Waals surface area contributed by atoms with Crippen LogP contribution in [0.2, 0.25) is 5.02 Å². The van der Waals surface area contributed by atoms with E-state index in [1.165, 1.54) is 23.9 Å². The highest BCUT2D eigenvalue weighted by Crippen LogP contribution is 2.39. The smallest absolute Gasteiger partial charge is 0.449 e. The fourth-order valence-corrected chi connectivity index (χ4v) is 4.40. The van der Waals surface area contributed by atoms with Gasteiger partial charge < -0.3 is 10.1 Å². The molecule has 0 aromatic heterocycles. The third kappa shape index (κ3) is 5.21. The normalized spacial score (nSPS) is 16.8. The van der Waals surface area contributed by atoms with Crippen molar-refractivity contribution < 1.29 is 31.5 Å². The molecule has 3 nitrogen and oxygen atoms in total. The molecule has 0 fully saturated rings. The minimum absolute atomic E-state index is 0.0315. The van der Waals surface area contributed by atoms with Crippen molar-refractivity contribution in [3.63, 3.8) is 0 Å². The average molecular weight is 452 g/mol. The monoisotopic (exact) mass is 451 g/mol. The molecule has 2 aromatic carbocycles. The summed E-state index contributed by atoms with van der Waals surface area (Å²) in [6.07, 6.45) is -5.76. The number of fused-ring (bicyclic) bond motifs is 1. The van der Waals surface area contributed by atoms with Crippen LogP contribution in [0.25, 0.3) is 0 Å². The average Bonchev–Trinajstić information content (AvgIpc) is 2.85. The van der Waals surface area contributed by atoms with Gasteiger partial charge in [-0.2, -0.15) is 13.2 Å². The summed E-state index contributed by atoms with van der Waals surface area (Å²) in [5.74, 6) is -3.91. The largest absolute Gasteiger partial charge is 0.490 e. The molecule has 0 amide bonds. The Morgan fingerprint density at radius 1 is 1.21 bits per heavy atom. The number of thioether (sulfide) groups is 1. The van der Waals surface area contributed by atoms with E-state index >= 15 is 0 Å². The third-order valence-corrected chi connectivity index (χ3v) is 5.98.